The molecular formula is C16H14N2O2S3. The summed E-state index contributed by atoms with van der Waals surface area (Å²) in [6, 6.07) is 11.2. The van der Waals surface area contributed by atoms with Crippen LogP contribution < -0.4 is 5.32 Å². The number of thiazole rings is 1. The van der Waals surface area contributed by atoms with E-state index in [0.29, 0.717) is 16.4 Å². The molecule has 4 nitrogen and oxygen atoms in total. The Morgan fingerprint density at radius 3 is 2.87 bits per heavy atom. The van der Waals surface area contributed by atoms with Crippen molar-refractivity contribution in [3.8, 4) is 10.6 Å². The van der Waals surface area contributed by atoms with Crippen molar-refractivity contribution >= 4 is 44.5 Å². The third-order valence-corrected chi connectivity index (χ3v) is 5.45. The smallest absolute Gasteiger partial charge is 0.257 e. The lowest BCUT2D eigenvalue weighted by atomic mass is 10.1. The first-order valence-electron chi connectivity index (χ1n) is 6.81. The number of nitrogens with one attached hydrogen (secondary N) is 1. The number of anilines is 1. The van der Waals surface area contributed by atoms with Gasteiger partial charge in [0.25, 0.3) is 5.91 Å². The molecule has 0 aliphatic carbocycles. The van der Waals surface area contributed by atoms with Gasteiger partial charge in [0.15, 0.2) is 5.13 Å². The largest absolute Gasteiger partial charge is 0.298 e. The van der Waals surface area contributed by atoms with Crippen molar-refractivity contribution in [2.45, 2.75) is 5.75 Å². The molecule has 2 aromatic heterocycles. The second kappa shape index (κ2) is 7.16. The predicted molar refractivity (Wildman–Crippen MR) is 97.6 cm³/mol. The van der Waals surface area contributed by atoms with E-state index in [1.54, 1.807) is 35.8 Å². The van der Waals surface area contributed by atoms with Crippen molar-refractivity contribution in [2.75, 3.05) is 11.6 Å². The quantitative estimate of drug-likeness (QED) is 0.746. The standard InChI is InChI=1S/C16H14N2O2S3/c1-23(20)10-11-4-2-5-12(8-11)15(19)18-16-17-13(9-22-16)14-6-3-7-21-14/h2-9H,10H2,1H3,(H,17,18,19)/t23-/m0/s1. The van der Waals surface area contributed by atoms with E-state index in [2.05, 4.69) is 10.3 Å². The first-order chi connectivity index (χ1) is 11.1. The Morgan fingerprint density at radius 2 is 2.13 bits per heavy atom. The molecule has 0 unspecified atom stereocenters. The van der Waals surface area contributed by atoms with Gasteiger partial charge in [0.05, 0.1) is 10.6 Å². The molecule has 1 amide bonds. The summed E-state index contributed by atoms with van der Waals surface area (Å²) >= 11 is 3.02. The number of nitrogens with zero attached hydrogens (tertiary/aromatic N) is 1. The van der Waals surface area contributed by atoms with Gasteiger partial charge in [-0.15, -0.1) is 22.7 Å². The van der Waals surface area contributed by atoms with Crippen molar-refractivity contribution < 1.29 is 9.00 Å². The summed E-state index contributed by atoms with van der Waals surface area (Å²) in [5.41, 5.74) is 2.30. The second-order valence-corrected chi connectivity index (χ2v) is 8.13. The first kappa shape index (κ1) is 16.0. The third-order valence-electron chi connectivity index (χ3n) is 3.06. The summed E-state index contributed by atoms with van der Waals surface area (Å²) in [7, 11) is -0.931. The SMILES string of the molecule is C[S@](=O)Cc1cccc(C(=O)Nc2nc(-c3cccs3)cs2)c1. The van der Waals surface area contributed by atoms with Crippen LogP contribution in [0.4, 0.5) is 5.13 Å². The normalized spacial score (nSPS) is 12.0. The zero-order chi connectivity index (χ0) is 16.2. The van der Waals surface area contributed by atoms with Crippen LogP contribution in [0.5, 0.6) is 0 Å². The summed E-state index contributed by atoms with van der Waals surface area (Å²) in [5, 5.41) is 7.32. The number of aromatic nitrogens is 1. The highest BCUT2D eigenvalue weighted by Crippen LogP contribution is 2.28. The van der Waals surface area contributed by atoms with Crippen molar-refractivity contribution in [3.05, 3.63) is 58.3 Å². The molecule has 0 bridgehead atoms. The van der Waals surface area contributed by atoms with Crippen molar-refractivity contribution in [1.29, 1.82) is 0 Å². The van der Waals surface area contributed by atoms with Crippen LogP contribution in [0.3, 0.4) is 0 Å². The first-order valence-corrected chi connectivity index (χ1v) is 10.3. The van der Waals surface area contributed by atoms with Gasteiger partial charge in [0.1, 0.15) is 0 Å². The van der Waals surface area contributed by atoms with Gasteiger partial charge in [0, 0.05) is 33.8 Å². The van der Waals surface area contributed by atoms with Crippen LogP contribution in [-0.2, 0) is 16.6 Å². The maximum Gasteiger partial charge on any atom is 0.257 e. The molecule has 0 aliphatic heterocycles. The lowest BCUT2D eigenvalue weighted by Crippen LogP contribution is -2.12. The highest BCUT2D eigenvalue weighted by molar-refractivity contribution is 7.83. The summed E-state index contributed by atoms with van der Waals surface area (Å²) in [5.74, 6) is 0.238. The number of carbonyl (C=O) groups is 1. The van der Waals surface area contributed by atoms with Gasteiger partial charge in [-0.25, -0.2) is 4.98 Å². The Hall–Kier alpha value is -1.83. The molecule has 1 aromatic carbocycles. The zero-order valence-corrected chi connectivity index (χ0v) is 14.8. The van der Waals surface area contributed by atoms with E-state index >= 15 is 0 Å². The van der Waals surface area contributed by atoms with Gasteiger partial charge >= 0.3 is 0 Å². The van der Waals surface area contributed by atoms with Gasteiger partial charge in [-0.3, -0.25) is 14.3 Å². The topological polar surface area (TPSA) is 59.1 Å². The van der Waals surface area contributed by atoms with E-state index < -0.39 is 10.8 Å². The molecular weight excluding hydrogens is 348 g/mol. The molecule has 3 aromatic rings. The Kier molecular flexibility index (Phi) is 5.00. The van der Waals surface area contributed by atoms with E-state index in [-0.39, 0.29) is 5.91 Å². The van der Waals surface area contributed by atoms with Gasteiger partial charge < -0.3 is 0 Å². The molecule has 7 heteroatoms. The van der Waals surface area contributed by atoms with Gasteiger partial charge in [-0.2, -0.15) is 0 Å². The summed E-state index contributed by atoms with van der Waals surface area (Å²) in [4.78, 5) is 17.8. The van der Waals surface area contributed by atoms with E-state index in [0.717, 1.165) is 16.1 Å². The maximum atomic E-state index is 12.3. The summed E-state index contributed by atoms with van der Waals surface area (Å²) < 4.78 is 11.3. The number of amides is 1. The zero-order valence-electron chi connectivity index (χ0n) is 12.3. The predicted octanol–water partition coefficient (Wildman–Crippen LogP) is 4.00. The van der Waals surface area contributed by atoms with E-state index in [1.165, 1.54) is 11.3 Å². The maximum absolute atomic E-state index is 12.3. The van der Waals surface area contributed by atoms with Gasteiger partial charge in [-0.05, 0) is 29.1 Å². The monoisotopic (exact) mass is 362 g/mol. The number of hydrogen-bond donors (Lipinski definition) is 1. The Bertz CT molecular complexity index is 841. The van der Waals surface area contributed by atoms with Crippen LogP contribution in [0.15, 0.2) is 47.2 Å². The van der Waals surface area contributed by atoms with E-state index in [4.69, 9.17) is 0 Å². The number of carbonyl (C=O) groups excluding carboxylic acids is 1. The van der Waals surface area contributed by atoms with E-state index in [9.17, 15) is 9.00 Å². The Morgan fingerprint density at radius 1 is 1.26 bits per heavy atom. The van der Waals surface area contributed by atoms with Crippen LogP contribution in [0, 0.1) is 0 Å². The minimum Gasteiger partial charge on any atom is -0.298 e. The molecule has 0 saturated carbocycles. The average Bonchev–Trinajstić information content (AvgIpc) is 3.17. The highest BCUT2D eigenvalue weighted by atomic mass is 32.2. The highest BCUT2D eigenvalue weighted by Gasteiger charge is 2.11. The minimum atomic E-state index is -0.931. The second-order valence-electron chi connectivity index (χ2n) is 4.89. The summed E-state index contributed by atoms with van der Waals surface area (Å²) in [6.45, 7) is 0. The van der Waals surface area contributed by atoms with Crippen LogP contribution >= 0.6 is 22.7 Å². The molecule has 118 valence electrons. The Labute approximate surface area is 144 Å². The van der Waals surface area contributed by atoms with Crippen molar-refractivity contribution in [2.24, 2.45) is 0 Å². The Balaban J connectivity index is 1.73. The number of benzene rings is 1. The molecule has 0 fully saturated rings. The van der Waals surface area contributed by atoms with Crippen LogP contribution in [0.2, 0.25) is 0 Å². The van der Waals surface area contributed by atoms with Crippen molar-refractivity contribution in [3.63, 3.8) is 0 Å². The third kappa shape index (κ3) is 4.13. The van der Waals surface area contributed by atoms with Crippen molar-refractivity contribution in [1.82, 2.24) is 4.98 Å². The molecule has 0 spiro atoms. The molecule has 0 radical (unpaired) electrons. The fourth-order valence-electron chi connectivity index (χ4n) is 2.07. The lowest BCUT2D eigenvalue weighted by Gasteiger charge is -2.04. The molecule has 1 N–H and O–H groups in total. The molecule has 3 rings (SSSR count). The van der Waals surface area contributed by atoms with Crippen LogP contribution in [0.1, 0.15) is 15.9 Å². The molecule has 2 heterocycles. The molecule has 1 atom stereocenters. The lowest BCUT2D eigenvalue weighted by molar-refractivity contribution is 0.102. The van der Waals surface area contributed by atoms with Gasteiger partial charge in [-0.1, -0.05) is 18.2 Å². The van der Waals surface area contributed by atoms with E-state index in [1.807, 2.05) is 29.0 Å². The average molecular weight is 363 g/mol. The minimum absolute atomic E-state index is 0.208. The summed E-state index contributed by atoms with van der Waals surface area (Å²) in [6.07, 6.45) is 1.65. The number of hydrogen-bond acceptors (Lipinski definition) is 5. The van der Waals surface area contributed by atoms with Crippen LogP contribution in [0.25, 0.3) is 10.6 Å². The molecule has 0 saturated heterocycles. The number of rotatable bonds is 5. The fraction of sp³-hybridized carbons (Fsp3) is 0.125. The van der Waals surface area contributed by atoms with Gasteiger partial charge in [0.2, 0.25) is 0 Å². The number of thiophene rings is 1. The molecule has 0 aliphatic rings. The fourth-order valence-corrected chi connectivity index (χ4v) is 4.19. The van der Waals surface area contributed by atoms with Crippen LogP contribution in [-0.4, -0.2) is 21.4 Å². The molecule has 23 heavy (non-hydrogen) atoms.